The summed E-state index contributed by atoms with van der Waals surface area (Å²) in [5.41, 5.74) is 2.68. The third kappa shape index (κ3) is 1.03. The number of carbonyl (C=O) groups is 2. The predicted octanol–water partition coefficient (Wildman–Crippen LogP) is -0.545. The number of carbonyl (C=O) groups excluding carboxylic acids is 2. The molecule has 60 valence electrons. The Labute approximate surface area is 64.5 Å². The van der Waals surface area contributed by atoms with Crippen LogP contribution in [0.15, 0.2) is 0 Å². The Morgan fingerprint density at radius 3 is 3.09 bits per heavy atom. The maximum absolute atomic E-state index is 11.2. The lowest BCUT2D eigenvalue weighted by Crippen LogP contribution is -2.54. The van der Waals surface area contributed by atoms with Crippen LogP contribution in [0.5, 0.6) is 0 Å². The minimum Gasteiger partial charge on any atom is -0.297 e. The van der Waals surface area contributed by atoms with Crippen molar-refractivity contribution >= 4 is 11.7 Å². The maximum atomic E-state index is 11.2. The van der Waals surface area contributed by atoms with Gasteiger partial charge in [0.2, 0.25) is 5.91 Å². The predicted molar refractivity (Wildman–Crippen MR) is 37.5 cm³/mol. The molecule has 0 aromatic heterocycles. The SMILES string of the molecule is O=C1CC(=O)C2CCCN2N1. The monoisotopic (exact) mass is 154 g/mol. The number of fused-ring (bicyclic) bond motifs is 1. The molecular weight excluding hydrogens is 144 g/mol. The Balaban J connectivity index is 2.16. The van der Waals surface area contributed by atoms with Gasteiger partial charge in [-0.3, -0.25) is 15.0 Å². The number of hydrogen-bond acceptors (Lipinski definition) is 3. The van der Waals surface area contributed by atoms with Crippen LogP contribution < -0.4 is 5.43 Å². The minimum absolute atomic E-state index is 0.0206. The lowest BCUT2D eigenvalue weighted by molar-refractivity contribution is -0.140. The lowest BCUT2D eigenvalue weighted by Gasteiger charge is -2.28. The summed E-state index contributed by atoms with van der Waals surface area (Å²) in [6, 6.07) is -0.0206. The first kappa shape index (κ1) is 6.79. The van der Waals surface area contributed by atoms with E-state index in [2.05, 4.69) is 5.43 Å². The second-order valence-electron chi connectivity index (χ2n) is 3.03. The molecule has 0 aromatic rings. The molecule has 0 radical (unpaired) electrons. The molecule has 1 N–H and O–H groups in total. The third-order valence-electron chi connectivity index (χ3n) is 2.23. The van der Waals surface area contributed by atoms with Gasteiger partial charge in [0.05, 0.1) is 12.5 Å². The van der Waals surface area contributed by atoms with Crippen molar-refractivity contribution in [3.05, 3.63) is 0 Å². The van der Waals surface area contributed by atoms with Crippen LogP contribution in [0.2, 0.25) is 0 Å². The van der Waals surface area contributed by atoms with Crippen molar-refractivity contribution in [1.29, 1.82) is 0 Å². The van der Waals surface area contributed by atoms with Gasteiger partial charge in [0, 0.05) is 6.54 Å². The smallest absolute Gasteiger partial charge is 0.241 e. The van der Waals surface area contributed by atoms with E-state index >= 15 is 0 Å². The number of Topliss-reactive ketones (excluding diaryl/α,β-unsaturated/α-hetero) is 1. The van der Waals surface area contributed by atoms with E-state index in [0.717, 1.165) is 19.4 Å². The van der Waals surface area contributed by atoms with E-state index < -0.39 is 0 Å². The molecule has 1 unspecified atom stereocenters. The first-order valence-electron chi connectivity index (χ1n) is 3.86. The van der Waals surface area contributed by atoms with Gasteiger partial charge in [0.25, 0.3) is 0 Å². The Hall–Kier alpha value is -0.900. The highest BCUT2D eigenvalue weighted by Crippen LogP contribution is 2.19. The summed E-state index contributed by atoms with van der Waals surface area (Å²) in [5.74, 6) is -0.0839. The van der Waals surface area contributed by atoms with Crippen molar-refractivity contribution in [3.63, 3.8) is 0 Å². The molecule has 1 atom stereocenters. The number of rotatable bonds is 0. The van der Waals surface area contributed by atoms with Gasteiger partial charge in [-0.05, 0) is 12.8 Å². The quantitative estimate of drug-likeness (QED) is 0.476. The first-order chi connectivity index (χ1) is 5.27. The van der Waals surface area contributed by atoms with Crippen molar-refractivity contribution in [2.45, 2.75) is 25.3 Å². The largest absolute Gasteiger partial charge is 0.297 e. The van der Waals surface area contributed by atoms with Gasteiger partial charge in [-0.2, -0.15) is 0 Å². The van der Waals surface area contributed by atoms with Crippen LogP contribution in [0.1, 0.15) is 19.3 Å². The van der Waals surface area contributed by atoms with Gasteiger partial charge in [-0.15, -0.1) is 0 Å². The van der Waals surface area contributed by atoms with Crippen LogP contribution in [-0.2, 0) is 9.59 Å². The summed E-state index contributed by atoms with van der Waals surface area (Å²) in [4.78, 5) is 22.0. The van der Waals surface area contributed by atoms with E-state index in [4.69, 9.17) is 0 Å². The molecule has 2 rings (SSSR count). The zero-order chi connectivity index (χ0) is 7.84. The zero-order valence-electron chi connectivity index (χ0n) is 6.17. The van der Waals surface area contributed by atoms with Crippen LogP contribution in [0.25, 0.3) is 0 Å². The average molecular weight is 154 g/mol. The molecule has 0 saturated carbocycles. The summed E-state index contributed by atoms with van der Waals surface area (Å²) in [6.07, 6.45) is 1.98. The summed E-state index contributed by atoms with van der Waals surface area (Å²) in [5, 5.41) is 1.76. The van der Waals surface area contributed by atoms with Crippen molar-refractivity contribution in [1.82, 2.24) is 10.4 Å². The number of amides is 1. The summed E-state index contributed by atoms with van der Waals surface area (Å²) in [6.45, 7) is 0.822. The van der Waals surface area contributed by atoms with Gasteiger partial charge >= 0.3 is 0 Å². The molecule has 2 fully saturated rings. The number of hydrazine groups is 1. The number of ketones is 1. The fraction of sp³-hybridized carbons (Fsp3) is 0.714. The minimum atomic E-state index is -0.159. The normalized spacial score (nSPS) is 31.8. The Morgan fingerprint density at radius 2 is 2.27 bits per heavy atom. The van der Waals surface area contributed by atoms with Gasteiger partial charge in [-0.1, -0.05) is 0 Å². The van der Waals surface area contributed by atoms with Crippen LogP contribution in [-0.4, -0.2) is 29.3 Å². The van der Waals surface area contributed by atoms with Crippen molar-refractivity contribution < 1.29 is 9.59 Å². The molecule has 2 aliphatic rings. The molecule has 11 heavy (non-hydrogen) atoms. The summed E-state index contributed by atoms with van der Waals surface area (Å²) < 4.78 is 0. The van der Waals surface area contributed by atoms with E-state index in [1.807, 2.05) is 0 Å². The summed E-state index contributed by atoms with van der Waals surface area (Å²) in [7, 11) is 0. The molecule has 2 heterocycles. The fourth-order valence-electron chi connectivity index (χ4n) is 1.71. The average Bonchev–Trinajstić information content (AvgIpc) is 2.34. The van der Waals surface area contributed by atoms with Crippen LogP contribution in [0, 0.1) is 0 Å². The van der Waals surface area contributed by atoms with Gasteiger partial charge < -0.3 is 0 Å². The topological polar surface area (TPSA) is 49.4 Å². The van der Waals surface area contributed by atoms with Gasteiger partial charge in [0.1, 0.15) is 0 Å². The highest BCUT2D eigenvalue weighted by atomic mass is 16.2. The number of nitrogens with one attached hydrogen (secondary N) is 1. The second kappa shape index (κ2) is 2.30. The molecule has 1 amide bonds. The maximum Gasteiger partial charge on any atom is 0.241 e. The Kier molecular flexibility index (Phi) is 1.42. The van der Waals surface area contributed by atoms with Gasteiger partial charge in [-0.25, -0.2) is 5.01 Å². The first-order valence-corrected chi connectivity index (χ1v) is 3.86. The molecule has 0 aromatic carbocycles. The molecule has 2 saturated heterocycles. The fourth-order valence-corrected chi connectivity index (χ4v) is 1.71. The van der Waals surface area contributed by atoms with Crippen molar-refractivity contribution in [3.8, 4) is 0 Å². The molecular formula is C7H10N2O2. The van der Waals surface area contributed by atoms with Crippen LogP contribution in [0.4, 0.5) is 0 Å². The molecule has 0 aliphatic carbocycles. The Bertz CT molecular complexity index is 214. The molecule has 0 bridgehead atoms. The van der Waals surface area contributed by atoms with E-state index in [-0.39, 0.29) is 24.2 Å². The van der Waals surface area contributed by atoms with Crippen molar-refractivity contribution in [2.75, 3.05) is 6.54 Å². The highest BCUT2D eigenvalue weighted by molar-refractivity contribution is 6.02. The second-order valence-corrected chi connectivity index (χ2v) is 3.03. The Morgan fingerprint density at radius 1 is 1.45 bits per heavy atom. The van der Waals surface area contributed by atoms with Crippen molar-refractivity contribution in [2.24, 2.45) is 0 Å². The van der Waals surface area contributed by atoms with E-state index in [1.54, 1.807) is 5.01 Å². The molecule has 4 heteroatoms. The highest BCUT2D eigenvalue weighted by Gasteiger charge is 2.36. The van der Waals surface area contributed by atoms with Gasteiger partial charge in [0.15, 0.2) is 5.78 Å². The standard InChI is InChI=1S/C7H10N2O2/c10-6-4-7(11)8-9-3-1-2-5(6)9/h5H,1-4H2,(H,8,11). The van der Waals surface area contributed by atoms with E-state index in [1.165, 1.54) is 0 Å². The van der Waals surface area contributed by atoms with E-state index in [9.17, 15) is 9.59 Å². The lowest BCUT2D eigenvalue weighted by atomic mass is 10.1. The number of hydrogen-bond donors (Lipinski definition) is 1. The van der Waals surface area contributed by atoms with E-state index in [0.29, 0.717) is 0 Å². The molecule has 4 nitrogen and oxygen atoms in total. The summed E-state index contributed by atoms with van der Waals surface area (Å²) >= 11 is 0. The third-order valence-corrected chi connectivity index (χ3v) is 2.23. The molecule has 2 aliphatic heterocycles. The van der Waals surface area contributed by atoms with Crippen LogP contribution >= 0.6 is 0 Å². The zero-order valence-corrected chi connectivity index (χ0v) is 6.17. The van der Waals surface area contributed by atoms with Crippen LogP contribution in [0.3, 0.4) is 0 Å². The molecule has 0 spiro atoms. The number of nitrogens with zero attached hydrogens (tertiary/aromatic N) is 1.